The van der Waals surface area contributed by atoms with Gasteiger partial charge in [0, 0.05) is 13.2 Å². The van der Waals surface area contributed by atoms with Gasteiger partial charge in [0.15, 0.2) is 0 Å². The fourth-order valence-corrected chi connectivity index (χ4v) is 1.46. The largest absolute Gasteiger partial charge is 0.378 e. The molecule has 0 spiro atoms. The summed E-state index contributed by atoms with van der Waals surface area (Å²) in [5.41, 5.74) is 1.14. The van der Waals surface area contributed by atoms with Crippen molar-refractivity contribution in [2.24, 2.45) is 0 Å². The Bertz CT molecular complexity index is 253. The zero-order chi connectivity index (χ0) is 9.14. The average Bonchev–Trinajstić information content (AvgIpc) is 2.32. The van der Waals surface area contributed by atoms with Crippen molar-refractivity contribution in [1.29, 1.82) is 0 Å². The lowest BCUT2D eigenvalue weighted by Crippen LogP contribution is -2.08. The lowest BCUT2D eigenvalue weighted by molar-refractivity contribution is 0.176. The molecule has 0 aliphatic carbocycles. The quantitative estimate of drug-likeness (QED) is 0.689. The Balaban J connectivity index is 2.95. The third-order valence-corrected chi connectivity index (χ3v) is 1.87. The van der Waals surface area contributed by atoms with Gasteiger partial charge >= 0.3 is 0 Å². The van der Waals surface area contributed by atoms with Crippen molar-refractivity contribution in [1.82, 2.24) is 9.55 Å². The average molecular weight is 168 g/mol. The molecular weight excluding hydrogens is 152 g/mol. The summed E-state index contributed by atoms with van der Waals surface area (Å²) >= 11 is 0. The van der Waals surface area contributed by atoms with E-state index in [-0.39, 0.29) is 0 Å². The van der Waals surface area contributed by atoms with E-state index in [9.17, 15) is 0 Å². The van der Waals surface area contributed by atoms with Gasteiger partial charge in [0.2, 0.25) is 0 Å². The number of ether oxygens (including phenoxy) is 1. The molecule has 0 radical (unpaired) electrons. The van der Waals surface area contributed by atoms with E-state index in [0.717, 1.165) is 11.5 Å². The second kappa shape index (κ2) is 3.72. The summed E-state index contributed by atoms with van der Waals surface area (Å²) in [6.45, 7) is 6.94. The van der Waals surface area contributed by atoms with Crippen LogP contribution in [0.15, 0.2) is 6.20 Å². The number of nitrogens with zero attached hydrogens (tertiary/aromatic N) is 2. The van der Waals surface area contributed by atoms with Crippen molar-refractivity contribution in [3.05, 3.63) is 17.7 Å². The maximum absolute atomic E-state index is 5.07. The Kier molecular flexibility index (Phi) is 2.87. The number of aromatic nitrogens is 2. The minimum Gasteiger partial charge on any atom is -0.378 e. The molecule has 0 atom stereocenters. The molecule has 1 rings (SSSR count). The van der Waals surface area contributed by atoms with Gasteiger partial charge in [-0.05, 0) is 20.8 Å². The summed E-state index contributed by atoms with van der Waals surface area (Å²) in [6.07, 6.45) is 1.87. The van der Waals surface area contributed by atoms with Crippen LogP contribution >= 0.6 is 0 Å². The Hall–Kier alpha value is -0.830. The summed E-state index contributed by atoms with van der Waals surface area (Å²) in [5.74, 6) is 1.05. The normalized spacial score (nSPS) is 11.1. The Labute approximate surface area is 73.4 Å². The maximum atomic E-state index is 5.07. The second-order valence-electron chi connectivity index (χ2n) is 3.19. The van der Waals surface area contributed by atoms with Crippen LogP contribution in [-0.4, -0.2) is 16.7 Å². The van der Waals surface area contributed by atoms with Crippen molar-refractivity contribution in [3.63, 3.8) is 0 Å². The number of hydrogen-bond donors (Lipinski definition) is 0. The van der Waals surface area contributed by atoms with Crippen LogP contribution in [-0.2, 0) is 11.3 Å². The molecular formula is C9H16N2O. The fraction of sp³-hybridized carbons (Fsp3) is 0.667. The number of imidazole rings is 1. The molecule has 1 heterocycles. The highest BCUT2D eigenvalue weighted by molar-refractivity contribution is 5.04. The van der Waals surface area contributed by atoms with Gasteiger partial charge < -0.3 is 9.30 Å². The van der Waals surface area contributed by atoms with E-state index < -0.39 is 0 Å². The summed E-state index contributed by atoms with van der Waals surface area (Å²) in [5, 5.41) is 0. The van der Waals surface area contributed by atoms with Crippen LogP contribution in [0.3, 0.4) is 0 Å². The van der Waals surface area contributed by atoms with E-state index in [1.807, 2.05) is 13.1 Å². The van der Waals surface area contributed by atoms with E-state index in [2.05, 4.69) is 23.4 Å². The lowest BCUT2D eigenvalue weighted by atomic mass is 10.3. The van der Waals surface area contributed by atoms with Crippen molar-refractivity contribution >= 4 is 0 Å². The zero-order valence-electron chi connectivity index (χ0n) is 8.16. The molecule has 0 aliphatic rings. The van der Waals surface area contributed by atoms with Gasteiger partial charge in [0.25, 0.3) is 0 Å². The number of hydrogen-bond acceptors (Lipinski definition) is 2. The zero-order valence-corrected chi connectivity index (χ0v) is 8.16. The highest BCUT2D eigenvalue weighted by atomic mass is 16.5. The molecule has 1 aromatic rings. The molecule has 3 heteroatoms. The number of rotatable bonds is 3. The first-order valence-electron chi connectivity index (χ1n) is 4.18. The van der Waals surface area contributed by atoms with Gasteiger partial charge in [-0.1, -0.05) is 0 Å². The van der Waals surface area contributed by atoms with Gasteiger partial charge in [-0.3, -0.25) is 0 Å². The van der Waals surface area contributed by atoms with Crippen LogP contribution < -0.4 is 0 Å². The minimum atomic E-state index is 0.456. The first kappa shape index (κ1) is 9.26. The second-order valence-corrected chi connectivity index (χ2v) is 3.19. The predicted octanol–water partition coefficient (Wildman–Crippen LogP) is 1.92. The molecule has 0 saturated carbocycles. The lowest BCUT2D eigenvalue weighted by Gasteiger charge is -2.13. The van der Waals surface area contributed by atoms with Gasteiger partial charge in [-0.2, -0.15) is 0 Å². The molecule has 0 saturated heterocycles. The van der Waals surface area contributed by atoms with Crippen molar-refractivity contribution in [2.75, 3.05) is 7.11 Å². The SMILES string of the molecule is COCc1cnc(C)n1C(C)C. The number of methoxy groups -OCH3 is 1. The predicted molar refractivity (Wildman–Crippen MR) is 48.1 cm³/mol. The van der Waals surface area contributed by atoms with E-state index in [4.69, 9.17) is 4.74 Å². The van der Waals surface area contributed by atoms with E-state index in [1.165, 1.54) is 0 Å². The molecule has 12 heavy (non-hydrogen) atoms. The molecule has 0 amide bonds. The van der Waals surface area contributed by atoms with E-state index >= 15 is 0 Å². The molecule has 1 aromatic heterocycles. The van der Waals surface area contributed by atoms with Crippen LogP contribution in [0, 0.1) is 6.92 Å². The molecule has 0 fully saturated rings. The highest BCUT2D eigenvalue weighted by Crippen LogP contribution is 2.13. The molecule has 68 valence electrons. The Morgan fingerprint density at radius 3 is 2.75 bits per heavy atom. The Morgan fingerprint density at radius 2 is 2.25 bits per heavy atom. The van der Waals surface area contributed by atoms with E-state index in [1.54, 1.807) is 7.11 Å². The minimum absolute atomic E-state index is 0.456. The highest BCUT2D eigenvalue weighted by Gasteiger charge is 2.08. The van der Waals surface area contributed by atoms with Gasteiger partial charge in [0.05, 0.1) is 18.5 Å². The third-order valence-electron chi connectivity index (χ3n) is 1.87. The van der Waals surface area contributed by atoms with Gasteiger partial charge in [-0.25, -0.2) is 4.98 Å². The summed E-state index contributed by atoms with van der Waals surface area (Å²) in [7, 11) is 1.70. The molecule has 0 bridgehead atoms. The Morgan fingerprint density at radius 1 is 1.58 bits per heavy atom. The van der Waals surface area contributed by atoms with Crippen LogP contribution in [0.5, 0.6) is 0 Å². The molecule has 0 N–H and O–H groups in total. The van der Waals surface area contributed by atoms with Crippen molar-refractivity contribution in [3.8, 4) is 0 Å². The molecule has 0 aliphatic heterocycles. The molecule has 0 unspecified atom stereocenters. The number of aryl methyl sites for hydroxylation is 1. The van der Waals surface area contributed by atoms with Crippen LogP contribution in [0.1, 0.15) is 31.4 Å². The third kappa shape index (κ3) is 1.67. The van der Waals surface area contributed by atoms with Crippen LogP contribution in [0.4, 0.5) is 0 Å². The van der Waals surface area contributed by atoms with Crippen LogP contribution in [0.25, 0.3) is 0 Å². The summed E-state index contributed by atoms with van der Waals surface area (Å²) in [6, 6.07) is 0.456. The first-order chi connectivity index (χ1) is 5.66. The van der Waals surface area contributed by atoms with Gasteiger partial charge in [0.1, 0.15) is 5.82 Å². The van der Waals surface area contributed by atoms with Crippen molar-refractivity contribution in [2.45, 2.75) is 33.4 Å². The first-order valence-corrected chi connectivity index (χ1v) is 4.18. The van der Waals surface area contributed by atoms with Crippen molar-refractivity contribution < 1.29 is 4.74 Å². The molecule has 3 nitrogen and oxygen atoms in total. The van der Waals surface area contributed by atoms with Crippen LogP contribution in [0.2, 0.25) is 0 Å². The standard InChI is InChI=1S/C9H16N2O/c1-7(2)11-8(3)10-5-9(11)6-12-4/h5,7H,6H2,1-4H3. The topological polar surface area (TPSA) is 27.1 Å². The van der Waals surface area contributed by atoms with E-state index in [0.29, 0.717) is 12.6 Å². The van der Waals surface area contributed by atoms with Gasteiger partial charge in [-0.15, -0.1) is 0 Å². The summed E-state index contributed by atoms with van der Waals surface area (Å²) < 4.78 is 7.26. The molecule has 0 aromatic carbocycles. The smallest absolute Gasteiger partial charge is 0.106 e. The maximum Gasteiger partial charge on any atom is 0.106 e. The fourth-order valence-electron chi connectivity index (χ4n) is 1.46. The monoisotopic (exact) mass is 168 g/mol. The summed E-state index contributed by atoms with van der Waals surface area (Å²) in [4.78, 5) is 4.24.